The summed E-state index contributed by atoms with van der Waals surface area (Å²) in [6.45, 7) is 3.43. The van der Waals surface area contributed by atoms with E-state index < -0.39 is 0 Å². The van der Waals surface area contributed by atoms with Crippen LogP contribution in [0.1, 0.15) is 30.4 Å². The largest absolute Gasteiger partial charge is 0.329 e. The van der Waals surface area contributed by atoms with Crippen molar-refractivity contribution in [2.45, 2.75) is 32.6 Å². The Morgan fingerprint density at radius 1 is 1.44 bits per heavy atom. The molecule has 96 valence electrons. The lowest BCUT2D eigenvalue weighted by atomic mass is 9.97. The van der Waals surface area contributed by atoms with Crippen molar-refractivity contribution in [1.82, 2.24) is 0 Å². The van der Waals surface area contributed by atoms with E-state index in [0.717, 1.165) is 37.9 Å². The smallest absolute Gasteiger partial charge is 0.234 e. The number of carbonyl (C=O) groups excluding carboxylic acids is 1. The second-order valence-electron chi connectivity index (χ2n) is 5.68. The number of nitrogens with two attached hydrogens (primary N) is 1. The van der Waals surface area contributed by atoms with Crippen LogP contribution in [0, 0.1) is 12.3 Å². The zero-order chi connectivity index (χ0) is 12.8. The molecule has 2 N–H and O–H groups in total. The third-order valence-electron chi connectivity index (χ3n) is 4.30. The van der Waals surface area contributed by atoms with Gasteiger partial charge in [-0.15, -0.1) is 0 Å². The number of carbonyl (C=O) groups is 1. The molecule has 1 aromatic rings. The number of benzene rings is 1. The first kappa shape index (κ1) is 11.7. The Morgan fingerprint density at radius 2 is 2.22 bits per heavy atom. The van der Waals surface area contributed by atoms with Crippen LogP contribution in [0.3, 0.4) is 0 Å². The summed E-state index contributed by atoms with van der Waals surface area (Å²) in [4.78, 5) is 14.6. The summed E-state index contributed by atoms with van der Waals surface area (Å²) in [6, 6.07) is 6.39. The fourth-order valence-corrected chi connectivity index (χ4v) is 2.88. The van der Waals surface area contributed by atoms with Crippen LogP contribution in [0.5, 0.6) is 0 Å². The summed E-state index contributed by atoms with van der Waals surface area (Å²) in [6.07, 6.45) is 4.05. The summed E-state index contributed by atoms with van der Waals surface area (Å²) in [7, 11) is 0. The molecule has 1 aliphatic heterocycles. The molecule has 0 saturated heterocycles. The number of aryl methyl sites for hydroxylation is 2. The number of rotatable bonds is 2. The lowest BCUT2D eigenvalue weighted by molar-refractivity contribution is -0.123. The fraction of sp³-hybridized carbons (Fsp3) is 0.533. The zero-order valence-electron chi connectivity index (χ0n) is 10.9. The van der Waals surface area contributed by atoms with Gasteiger partial charge in [0.2, 0.25) is 5.91 Å². The van der Waals surface area contributed by atoms with Gasteiger partial charge in [-0.1, -0.05) is 17.7 Å². The molecule has 0 bridgehead atoms. The summed E-state index contributed by atoms with van der Waals surface area (Å²) < 4.78 is 0. The predicted molar refractivity (Wildman–Crippen MR) is 72.6 cm³/mol. The summed E-state index contributed by atoms with van der Waals surface area (Å²) in [5.41, 5.74) is 9.22. The molecule has 0 radical (unpaired) electrons. The average molecular weight is 244 g/mol. The summed E-state index contributed by atoms with van der Waals surface area (Å²) in [5.74, 6) is 0.245. The van der Waals surface area contributed by atoms with E-state index in [2.05, 4.69) is 25.1 Å². The molecule has 1 amide bonds. The van der Waals surface area contributed by atoms with Crippen LogP contribution in [0.4, 0.5) is 5.69 Å². The Bertz CT molecular complexity index is 491. The molecule has 0 aromatic heterocycles. The van der Waals surface area contributed by atoms with Gasteiger partial charge < -0.3 is 10.6 Å². The molecule has 0 unspecified atom stereocenters. The maximum absolute atomic E-state index is 12.6. The molecule has 3 nitrogen and oxygen atoms in total. The first-order chi connectivity index (χ1) is 8.66. The Hall–Kier alpha value is -1.35. The monoisotopic (exact) mass is 244 g/mol. The van der Waals surface area contributed by atoms with Crippen molar-refractivity contribution in [3.8, 4) is 0 Å². The number of amides is 1. The van der Waals surface area contributed by atoms with Crippen molar-refractivity contribution >= 4 is 11.6 Å². The minimum Gasteiger partial charge on any atom is -0.329 e. The minimum atomic E-state index is -0.237. The van der Waals surface area contributed by atoms with Crippen molar-refractivity contribution in [2.75, 3.05) is 18.0 Å². The Balaban J connectivity index is 1.94. The van der Waals surface area contributed by atoms with Crippen molar-refractivity contribution in [3.05, 3.63) is 29.3 Å². The van der Waals surface area contributed by atoms with E-state index in [4.69, 9.17) is 5.73 Å². The van der Waals surface area contributed by atoms with Gasteiger partial charge in [0.25, 0.3) is 0 Å². The average Bonchev–Trinajstić information content (AvgIpc) is 3.18. The van der Waals surface area contributed by atoms with Gasteiger partial charge in [0.15, 0.2) is 0 Å². The molecule has 3 heteroatoms. The summed E-state index contributed by atoms with van der Waals surface area (Å²) >= 11 is 0. The van der Waals surface area contributed by atoms with Gasteiger partial charge in [-0.2, -0.15) is 0 Å². The second-order valence-corrected chi connectivity index (χ2v) is 5.68. The van der Waals surface area contributed by atoms with Crippen LogP contribution in [0.15, 0.2) is 18.2 Å². The van der Waals surface area contributed by atoms with Crippen LogP contribution < -0.4 is 10.6 Å². The first-order valence-corrected chi connectivity index (χ1v) is 6.78. The van der Waals surface area contributed by atoms with Crippen LogP contribution >= 0.6 is 0 Å². The van der Waals surface area contributed by atoms with Gasteiger partial charge in [0.1, 0.15) is 0 Å². The number of hydrogen-bond acceptors (Lipinski definition) is 2. The molecular formula is C15H20N2O. The van der Waals surface area contributed by atoms with Gasteiger partial charge in [-0.25, -0.2) is 0 Å². The van der Waals surface area contributed by atoms with Crippen LogP contribution in [0.2, 0.25) is 0 Å². The highest BCUT2D eigenvalue weighted by Gasteiger charge is 2.51. The Kier molecular flexibility index (Phi) is 2.67. The molecule has 0 atom stereocenters. The Labute approximate surface area is 108 Å². The summed E-state index contributed by atoms with van der Waals surface area (Å²) in [5, 5.41) is 0. The molecule has 0 spiro atoms. The van der Waals surface area contributed by atoms with E-state index in [1.54, 1.807) is 0 Å². The third-order valence-corrected chi connectivity index (χ3v) is 4.30. The van der Waals surface area contributed by atoms with Gasteiger partial charge in [-0.05, 0) is 44.2 Å². The van der Waals surface area contributed by atoms with Crippen molar-refractivity contribution in [1.29, 1.82) is 0 Å². The SMILES string of the molecule is Cc1ccc2c(c1)CCCN2C(=O)C1(CN)CC1. The van der Waals surface area contributed by atoms with E-state index in [9.17, 15) is 4.79 Å². The molecule has 1 aromatic carbocycles. The minimum absolute atomic E-state index is 0.237. The van der Waals surface area contributed by atoms with Gasteiger partial charge in [0.05, 0.1) is 5.41 Å². The van der Waals surface area contributed by atoms with E-state index >= 15 is 0 Å². The molecular weight excluding hydrogens is 224 g/mol. The highest BCUT2D eigenvalue weighted by atomic mass is 16.2. The second kappa shape index (κ2) is 4.09. The van der Waals surface area contributed by atoms with Crippen molar-refractivity contribution < 1.29 is 4.79 Å². The molecule has 1 fully saturated rings. The maximum atomic E-state index is 12.6. The topological polar surface area (TPSA) is 46.3 Å². The maximum Gasteiger partial charge on any atom is 0.234 e. The van der Waals surface area contributed by atoms with Gasteiger partial charge in [-0.3, -0.25) is 4.79 Å². The lowest BCUT2D eigenvalue weighted by Crippen LogP contribution is -2.43. The van der Waals surface area contributed by atoms with Gasteiger partial charge in [0, 0.05) is 18.8 Å². The molecule has 1 saturated carbocycles. The normalized spacial score (nSPS) is 20.4. The number of anilines is 1. The van der Waals surface area contributed by atoms with E-state index in [0.29, 0.717) is 6.54 Å². The van der Waals surface area contributed by atoms with Crippen LogP contribution in [-0.4, -0.2) is 19.0 Å². The molecule has 1 aliphatic carbocycles. The highest BCUT2D eigenvalue weighted by molar-refractivity contribution is 6.00. The van der Waals surface area contributed by atoms with E-state index in [1.165, 1.54) is 11.1 Å². The van der Waals surface area contributed by atoms with Gasteiger partial charge >= 0.3 is 0 Å². The number of fused-ring (bicyclic) bond motifs is 1. The highest BCUT2D eigenvalue weighted by Crippen LogP contribution is 2.47. The molecule has 3 rings (SSSR count). The van der Waals surface area contributed by atoms with E-state index in [-0.39, 0.29) is 11.3 Å². The van der Waals surface area contributed by atoms with Crippen LogP contribution in [0.25, 0.3) is 0 Å². The third kappa shape index (κ3) is 1.74. The van der Waals surface area contributed by atoms with E-state index in [1.807, 2.05) is 4.90 Å². The van der Waals surface area contributed by atoms with Crippen LogP contribution in [-0.2, 0) is 11.2 Å². The zero-order valence-corrected chi connectivity index (χ0v) is 10.9. The molecule has 18 heavy (non-hydrogen) atoms. The fourth-order valence-electron chi connectivity index (χ4n) is 2.88. The molecule has 2 aliphatic rings. The molecule has 1 heterocycles. The van der Waals surface area contributed by atoms with Crippen molar-refractivity contribution in [2.24, 2.45) is 11.1 Å². The predicted octanol–water partition coefficient (Wildman–Crippen LogP) is 2.01. The number of nitrogens with zero attached hydrogens (tertiary/aromatic N) is 1. The Morgan fingerprint density at radius 3 is 2.89 bits per heavy atom. The quantitative estimate of drug-likeness (QED) is 0.865. The number of hydrogen-bond donors (Lipinski definition) is 1. The first-order valence-electron chi connectivity index (χ1n) is 6.78. The van der Waals surface area contributed by atoms with Crippen molar-refractivity contribution in [3.63, 3.8) is 0 Å². The lowest BCUT2D eigenvalue weighted by Gasteiger charge is -2.32. The standard InChI is InChI=1S/C15H20N2O/c1-11-4-5-13-12(9-11)3-2-8-17(13)14(18)15(10-16)6-7-15/h4-5,9H,2-3,6-8,10,16H2,1H3.